The molecule has 0 bridgehead atoms. The summed E-state index contributed by atoms with van der Waals surface area (Å²) in [6.45, 7) is -0.257. The molecular weight excluding hydrogens is 384 g/mol. The molecule has 9 heteroatoms. The maximum absolute atomic E-state index is 13.4. The molecule has 0 aliphatic carbocycles. The number of halogens is 2. The third-order valence-electron chi connectivity index (χ3n) is 4.40. The van der Waals surface area contributed by atoms with Crippen molar-refractivity contribution in [1.29, 1.82) is 0 Å². The third-order valence-corrected chi connectivity index (χ3v) is 8.42. The van der Waals surface area contributed by atoms with E-state index in [-0.39, 0.29) is 25.3 Å². The fourth-order valence-electron chi connectivity index (χ4n) is 2.99. The lowest BCUT2D eigenvalue weighted by atomic mass is 10.1. The molecule has 1 heterocycles. The average Bonchev–Trinajstić information content (AvgIpc) is 2.76. The average molecular weight is 401 g/mol. The molecule has 5 nitrogen and oxygen atoms in total. The first-order valence-corrected chi connectivity index (χ1v) is 11.1. The predicted octanol–water partition coefficient (Wildman–Crippen LogP) is 2.52. The summed E-state index contributed by atoms with van der Waals surface area (Å²) in [6.07, 6.45) is 0.0925. The van der Waals surface area contributed by atoms with Crippen molar-refractivity contribution in [2.75, 3.05) is 18.8 Å². The van der Waals surface area contributed by atoms with Crippen molar-refractivity contribution in [1.82, 2.24) is 4.31 Å². The van der Waals surface area contributed by atoms with Crippen LogP contribution in [0.4, 0.5) is 8.78 Å². The van der Waals surface area contributed by atoms with Crippen LogP contribution in [-0.2, 0) is 19.9 Å². The molecule has 0 amide bonds. The highest BCUT2D eigenvalue weighted by Crippen LogP contribution is 2.31. The van der Waals surface area contributed by atoms with Crippen LogP contribution in [0.25, 0.3) is 0 Å². The summed E-state index contributed by atoms with van der Waals surface area (Å²) in [6, 6.07) is 10.9. The van der Waals surface area contributed by atoms with Crippen molar-refractivity contribution < 1.29 is 25.6 Å². The van der Waals surface area contributed by atoms with Gasteiger partial charge in [0.15, 0.2) is 21.5 Å². The summed E-state index contributed by atoms with van der Waals surface area (Å²) in [4.78, 5) is -0.396. The summed E-state index contributed by atoms with van der Waals surface area (Å²) < 4.78 is 78.1. The Hall–Kier alpha value is -1.84. The summed E-state index contributed by atoms with van der Waals surface area (Å²) in [7, 11) is -7.66. The number of nitrogens with zero attached hydrogens (tertiary/aromatic N) is 1. The zero-order valence-corrected chi connectivity index (χ0v) is 15.3. The van der Waals surface area contributed by atoms with E-state index in [4.69, 9.17) is 0 Å². The molecule has 0 N–H and O–H groups in total. The molecule has 1 fully saturated rings. The van der Waals surface area contributed by atoms with Gasteiger partial charge < -0.3 is 0 Å². The van der Waals surface area contributed by atoms with Crippen molar-refractivity contribution in [3.05, 3.63) is 65.7 Å². The first-order chi connectivity index (χ1) is 12.2. The van der Waals surface area contributed by atoms with E-state index >= 15 is 0 Å². The van der Waals surface area contributed by atoms with Gasteiger partial charge in [-0.3, -0.25) is 0 Å². The topological polar surface area (TPSA) is 71.5 Å². The SMILES string of the molecule is O=S1(=O)CCN(S(=O)(=O)c2ccc(F)c(F)c2)CCC1c1ccccc1. The Morgan fingerprint density at radius 1 is 0.962 bits per heavy atom. The van der Waals surface area contributed by atoms with E-state index in [1.54, 1.807) is 30.3 Å². The zero-order valence-electron chi connectivity index (χ0n) is 13.7. The molecule has 1 atom stereocenters. The molecule has 2 aromatic rings. The van der Waals surface area contributed by atoms with Gasteiger partial charge in [0, 0.05) is 13.1 Å². The van der Waals surface area contributed by atoms with Crippen molar-refractivity contribution in [2.24, 2.45) is 0 Å². The lowest BCUT2D eigenvalue weighted by Crippen LogP contribution is -2.33. The van der Waals surface area contributed by atoms with Crippen LogP contribution in [0.15, 0.2) is 53.4 Å². The highest BCUT2D eigenvalue weighted by molar-refractivity contribution is 7.92. The Morgan fingerprint density at radius 3 is 2.31 bits per heavy atom. The van der Waals surface area contributed by atoms with Crippen LogP contribution in [0.2, 0.25) is 0 Å². The molecule has 0 aromatic heterocycles. The Kier molecular flexibility index (Phi) is 5.14. The molecule has 1 unspecified atom stereocenters. The zero-order chi connectivity index (χ0) is 18.9. The molecule has 3 rings (SSSR count). The molecule has 0 saturated carbocycles. The van der Waals surface area contributed by atoms with Crippen molar-refractivity contribution in [3.8, 4) is 0 Å². The molecule has 26 heavy (non-hydrogen) atoms. The Labute approximate surface area is 151 Å². The largest absolute Gasteiger partial charge is 0.243 e. The summed E-state index contributed by atoms with van der Waals surface area (Å²) in [5.74, 6) is -2.75. The summed E-state index contributed by atoms with van der Waals surface area (Å²) in [5.41, 5.74) is 0.611. The quantitative estimate of drug-likeness (QED) is 0.792. The molecule has 1 aliphatic rings. The second-order valence-corrected chi connectivity index (χ2v) is 10.3. The second-order valence-electron chi connectivity index (χ2n) is 6.03. The Bertz CT molecular complexity index is 1010. The van der Waals surface area contributed by atoms with Crippen LogP contribution >= 0.6 is 0 Å². The first kappa shape index (κ1) is 18.9. The van der Waals surface area contributed by atoms with Gasteiger partial charge in [0.1, 0.15) is 0 Å². The van der Waals surface area contributed by atoms with Crippen LogP contribution in [-0.4, -0.2) is 40.0 Å². The summed E-state index contributed by atoms with van der Waals surface area (Å²) >= 11 is 0. The van der Waals surface area contributed by atoms with Gasteiger partial charge in [-0.1, -0.05) is 30.3 Å². The molecule has 0 radical (unpaired) electrons. The van der Waals surface area contributed by atoms with Crippen molar-refractivity contribution >= 4 is 19.9 Å². The van der Waals surface area contributed by atoms with E-state index in [1.807, 2.05) is 0 Å². The van der Waals surface area contributed by atoms with E-state index in [1.165, 1.54) is 0 Å². The van der Waals surface area contributed by atoms with Crippen LogP contribution in [0.3, 0.4) is 0 Å². The number of hydrogen-bond acceptors (Lipinski definition) is 4. The minimum atomic E-state index is -4.12. The molecule has 1 saturated heterocycles. The number of benzene rings is 2. The summed E-state index contributed by atoms with van der Waals surface area (Å²) in [5, 5.41) is -0.797. The molecule has 0 spiro atoms. The van der Waals surface area contributed by atoms with Gasteiger partial charge in [-0.15, -0.1) is 0 Å². The van der Waals surface area contributed by atoms with E-state index in [9.17, 15) is 25.6 Å². The van der Waals surface area contributed by atoms with E-state index in [0.717, 1.165) is 16.4 Å². The predicted molar refractivity (Wildman–Crippen MR) is 92.7 cm³/mol. The maximum atomic E-state index is 13.4. The van der Waals surface area contributed by atoms with E-state index < -0.39 is 41.6 Å². The van der Waals surface area contributed by atoms with Gasteiger partial charge >= 0.3 is 0 Å². The minimum absolute atomic E-state index is 0.0277. The highest BCUT2D eigenvalue weighted by atomic mass is 32.2. The third kappa shape index (κ3) is 3.65. The second kappa shape index (κ2) is 7.05. The standard InChI is InChI=1S/C17H17F2NO4S2/c18-15-7-6-14(12-16(15)19)26(23,24)20-9-8-17(25(21,22)11-10-20)13-4-2-1-3-5-13/h1-7,12,17H,8-11H2. The Balaban J connectivity index is 1.91. The van der Waals surface area contributed by atoms with Gasteiger partial charge in [-0.2, -0.15) is 4.31 Å². The monoisotopic (exact) mass is 401 g/mol. The van der Waals surface area contributed by atoms with Crippen LogP contribution in [0.5, 0.6) is 0 Å². The first-order valence-electron chi connectivity index (χ1n) is 7.93. The van der Waals surface area contributed by atoms with Gasteiger partial charge in [0.05, 0.1) is 15.9 Å². The van der Waals surface area contributed by atoms with Crippen LogP contribution < -0.4 is 0 Å². The number of rotatable bonds is 3. The molecule has 140 valence electrons. The van der Waals surface area contributed by atoms with Crippen LogP contribution in [0.1, 0.15) is 17.2 Å². The van der Waals surface area contributed by atoms with Crippen LogP contribution in [0, 0.1) is 11.6 Å². The smallest absolute Gasteiger partial charge is 0.228 e. The number of sulfonamides is 1. The lowest BCUT2D eigenvalue weighted by molar-refractivity contribution is 0.427. The fraction of sp³-hybridized carbons (Fsp3) is 0.294. The van der Waals surface area contributed by atoms with E-state index in [2.05, 4.69) is 0 Å². The normalized spacial score (nSPS) is 21.2. The Morgan fingerprint density at radius 2 is 1.65 bits per heavy atom. The fourth-order valence-corrected chi connectivity index (χ4v) is 6.37. The molecule has 1 aliphatic heterocycles. The minimum Gasteiger partial charge on any atom is -0.228 e. The van der Waals surface area contributed by atoms with Gasteiger partial charge in [0.2, 0.25) is 10.0 Å². The van der Waals surface area contributed by atoms with Gasteiger partial charge in [0.25, 0.3) is 0 Å². The number of hydrogen-bond donors (Lipinski definition) is 0. The number of sulfone groups is 1. The van der Waals surface area contributed by atoms with Crippen molar-refractivity contribution in [2.45, 2.75) is 16.6 Å². The van der Waals surface area contributed by atoms with E-state index in [0.29, 0.717) is 11.6 Å². The van der Waals surface area contributed by atoms with Gasteiger partial charge in [-0.25, -0.2) is 25.6 Å². The highest BCUT2D eigenvalue weighted by Gasteiger charge is 2.35. The molecular formula is C17H17F2NO4S2. The van der Waals surface area contributed by atoms with Crippen molar-refractivity contribution in [3.63, 3.8) is 0 Å². The maximum Gasteiger partial charge on any atom is 0.243 e. The van der Waals surface area contributed by atoms with Gasteiger partial charge in [-0.05, 0) is 30.2 Å². The molecule has 2 aromatic carbocycles. The lowest BCUT2D eigenvalue weighted by Gasteiger charge is -2.19.